The molecule has 0 atom stereocenters. The van der Waals surface area contributed by atoms with Gasteiger partial charge in [-0.2, -0.15) is 0 Å². The fraction of sp³-hybridized carbons (Fsp3) is 0.941. The molecule has 1 rings (SSSR count). The molecule has 0 radical (unpaired) electrons. The van der Waals surface area contributed by atoms with E-state index in [0.29, 0.717) is 11.8 Å². The third-order valence-electron chi connectivity index (χ3n) is 4.23. The predicted octanol–water partition coefficient (Wildman–Crippen LogP) is 4.49. The second-order valence-corrected chi connectivity index (χ2v) is 7.35. The minimum Gasteiger partial charge on any atom is -0.345 e. The van der Waals surface area contributed by atoms with Crippen LogP contribution in [0, 0.1) is 17.3 Å². The molecular formula is C17H33NO. The zero-order valence-corrected chi connectivity index (χ0v) is 13.7. The maximum atomic E-state index is 12.5. The van der Waals surface area contributed by atoms with E-state index in [1.807, 2.05) is 11.9 Å². The summed E-state index contributed by atoms with van der Waals surface area (Å²) in [6.45, 7) is 9.82. The van der Waals surface area contributed by atoms with Gasteiger partial charge in [-0.1, -0.05) is 53.4 Å². The Balaban J connectivity index is 2.26. The minimum absolute atomic E-state index is 0.0431. The molecule has 2 nitrogen and oxygen atoms in total. The standard InChI is InChI=1S/C17H33NO/c1-14(2)9-7-6-8-10-17(11-12-17)16(19)18(5)13-15(3)4/h14-15H,6-13H2,1-5H3. The topological polar surface area (TPSA) is 20.3 Å². The van der Waals surface area contributed by atoms with Gasteiger partial charge in [0.25, 0.3) is 0 Å². The maximum absolute atomic E-state index is 12.5. The Morgan fingerprint density at radius 3 is 2.16 bits per heavy atom. The van der Waals surface area contributed by atoms with Gasteiger partial charge in [-0.3, -0.25) is 4.79 Å². The summed E-state index contributed by atoms with van der Waals surface area (Å²) in [7, 11) is 1.97. The third kappa shape index (κ3) is 5.54. The molecule has 19 heavy (non-hydrogen) atoms. The predicted molar refractivity (Wildman–Crippen MR) is 82.1 cm³/mol. The molecule has 0 aliphatic heterocycles. The largest absolute Gasteiger partial charge is 0.345 e. The van der Waals surface area contributed by atoms with Gasteiger partial charge in [0, 0.05) is 19.0 Å². The van der Waals surface area contributed by atoms with E-state index in [4.69, 9.17) is 0 Å². The molecule has 0 bridgehead atoms. The van der Waals surface area contributed by atoms with Gasteiger partial charge in [-0.05, 0) is 31.1 Å². The fourth-order valence-corrected chi connectivity index (χ4v) is 2.95. The zero-order valence-electron chi connectivity index (χ0n) is 13.7. The fourth-order valence-electron chi connectivity index (χ4n) is 2.95. The molecule has 0 saturated heterocycles. The summed E-state index contributed by atoms with van der Waals surface area (Å²) in [4.78, 5) is 14.4. The molecule has 0 unspecified atom stereocenters. The van der Waals surface area contributed by atoms with Crippen molar-refractivity contribution in [2.45, 2.75) is 72.6 Å². The van der Waals surface area contributed by atoms with E-state index in [1.54, 1.807) is 0 Å². The minimum atomic E-state index is 0.0431. The van der Waals surface area contributed by atoms with Gasteiger partial charge in [-0.25, -0.2) is 0 Å². The smallest absolute Gasteiger partial charge is 0.228 e. The average molecular weight is 267 g/mol. The average Bonchev–Trinajstić information content (AvgIpc) is 3.07. The van der Waals surface area contributed by atoms with E-state index in [1.165, 1.54) is 25.7 Å². The van der Waals surface area contributed by atoms with Crippen molar-refractivity contribution in [3.63, 3.8) is 0 Å². The zero-order chi connectivity index (χ0) is 14.5. The molecular weight excluding hydrogens is 234 g/mol. The van der Waals surface area contributed by atoms with Crippen LogP contribution in [-0.2, 0) is 4.79 Å². The van der Waals surface area contributed by atoms with Crippen molar-refractivity contribution in [3.05, 3.63) is 0 Å². The van der Waals surface area contributed by atoms with E-state index in [0.717, 1.165) is 31.7 Å². The molecule has 0 heterocycles. The van der Waals surface area contributed by atoms with Crippen molar-refractivity contribution in [2.24, 2.45) is 17.3 Å². The Bertz CT molecular complexity index is 279. The van der Waals surface area contributed by atoms with E-state index >= 15 is 0 Å². The van der Waals surface area contributed by atoms with Gasteiger partial charge in [-0.15, -0.1) is 0 Å². The van der Waals surface area contributed by atoms with Crippen LogP contribution in [0.15, 0.2) is 0 Å². The Hall–Kier alpha value is -0.530. The first-order valence-corrected chi connectivity index (χ1v) is 8.13. The normalized spacial score (nSPS) is 17.0. The second kappa shape index (κ2) is 7.31. The Labute approximate surface area is 119 Å². The van der Waals surface area contributed by atoms with Crippen LogP contribution in [0.4, 0.5) is 0 Å². The van der Waals surface area contributed by atoms with E-state index in [-0.39, 0.29) is 5.41 Å². The van der Waals surface area contributed by atoms with Crippen LogP contribution >= 0.6 is 0 Å². The van der Waals surface area contributed by atoms with Crippen molar-refractivity contribution < 1.29 is 4.79 Å². The van der Waals surface area contributed by atoms with Gasteiger partial charge in [0.1, 0.15) is 0 Å². The molecule has 0 aromatic heterocycles. The van der Waals surface area contributed by atoms with E-state index in [9.17, 15) is 4.79 Å². The van der Waals surface area contributed by atoms with Crippen molar-refractivity contribution in [1.29, 1.82) is 0 Å². The number of carbonyl (C=O) groups is 1. The van der Waals surface area contributed by atoms with Crippen molar-refractivity contribution in [1.82, 2.24) is 4.90 Å². The van der Waals surface area contributed by atoms with Crippen LogP contribution in [0.1, 0.15) is 72.6 Å². The lowest BCUT2D eigenvalue weighted by atomic mass is 9.95. The molecule has 2 heteroatoms. The number of amides is 1. The SMILES string of the molecule is CC(C)CCCCCC1(C(=O)N(C)CC(C)C)CC1. The van der Waals surface area contributed by atoms with Crippen LogP contribution in [0.25, 0.3) is 0 Å². The number of hydrogen-bond donors (Lipinski definition) is 0. The number of hydrogen-bond acceptors (Lipinski definition) is 1. The molecule has 1 aliphatic rings. The van der Waals surface area contributed by atoms with E-state index in [2.05, 4.69) is 27.7 Å². The first kappa shape index (κ1) is 16.5. The van der Waals surface area contributed by atoms with Crippen molar-refractivity contribution in [3.8, 4) is 0 Å². The highest BCUT2D eigenvalue weighted by Crippen LogP contribution is 2.51. The van der Waals surface area contributed by atoms with Gasteiger partial charge in [0.2, 0.25) is 5.91 Å². The lowest BCUT2D eigenvalue weighted by Crippen LogP contribution is -2.36. The Morgan fingerprint density at radius 1 is 1.05 bits per heavy atom. The highest BCUT2D eigenvalue weighted by Gasteiger charge is 2.50. The van der Waals surface area contributed by atoms with E-state index < -0.39 is 0 Å². The monoisotopic (exact) mass is 267 g/mol. The molecule has 0 aromatic carbocycles. The summed E-state index contributed by atoms with van der Waals surface area (Å²) < 4.78 is 0. The second-order valence-electron chi connectivity index (χ2n) is 7.35. The lowest BCUT2D eigenvalue weighted by molar-refractivity contribution is -0.136. The first-order valence-electron chi connectivity index (χ1n) is 8.13. The number of rotatable bonds is 9. The summed E-state index contributed by atoms with van der Waals surface area (Å²) in [5.74, 6) is 1.79. The highest BCUT2D eigenvalue weighted by atomic mass is 16.2. The summed E-state index contributed by atoms with van der Waals surface area (Å²) in [5.41, 5.74) is 0.0431. The molecule has 1 aliphatic carbocycles. The Kier molecular flexibility index (Phi) is 6.35. The van der Waals surface area contributed by atoms with Gasteiger partial charge >= 0.3 is 0 Å². The molecule has 1 fully saturated rings. The van der Waals surface area contributed by atoms with Crippen LogP contribution in [0.3, 0.4) is 0 Å². The lowest BCUT2D eigenvalue weighted by Gasteiger charge is -2.25. The summed E-state index contributed by atoms with van der Waals surface area (Å²) in [6.07, 6.45) is 8.54. The quantitative estimate of drug-likeness (QED) is 0.564. The maximum Gasteiger partial charge on any atom is 0.228 e. The first-order chi connectivity index (χ1) is 8.87. The van der Waals surface area contributed by atoms with Crippen LogP contribution < -0.4 is 0 Å². The summed E-state index contributed by atoms with van der Waals surface area (Å²) >= 11 is 0. The molecule has 0 aromatic rings. The molecule has 1 saturated carbocycles. The van der Waals surface area contributed by atoms with Gasteiger partial charge in [0.15, 0.2) is 0 Å². The van der Waals surface area contributed by atoms with Gasteiger partial charge in [0.05, 0.1) is 0 Å². The van der Waals surface area contributed by atoms with Crippen molar-refractivity contribution >= 4 is 5.91 Å². The summed E-state index contributed by atoms with van der Waals surface area (Å²) in [5, 5.41) is 0. The van der Waals surface area contributed by atoms with Crippen LogP contribution in [0.2, 0.25) is 0 Å². The van der Waals surface area contributed by atoms with Crippen LogP contribution in [-0.4, -0.2) is 24.4 Å². The van der Waals surface area contributed by atoms with Crippen LogP contribution in [0.5, 0.6) is 0 Å². The third-order valence-corrected chi connectivity index (χ3v) is 4.23. The van der Waals surface area contributed by atoms with Crippen molar-refractivity contribution in [2.75, 3.05) is 13.6 Å². The molecule has 0 spiro atoms. The molecule has 1 amide bonds. The summed E-state index contributed by atoms with van der Waals surface area (Å²) in [6, 6.07) is 0. The number of carbonyl (C=O) groups excluding carboxylic acids is 1. The highest BCUT2D eigenvalue weighted by molar-refractivity contribution is 5.85. The van der Waals surface area contributed by atoms with Gasteiger partial charge < -0.3 is 4.90 Å². The number of unbranched alkanes of at least 4 members (excludes halogenated alkanes) is 2. The molecule has 0 N–H and O–H groups in total. The number of nitrogens with zero attached hydrogens (tertiary/aromatic N) is 1. The Morgan fingerprint density at radius 2 is 1.68 bits per heavy atom. The molecule has 112 valence electrons.